The minimum absolute atomic E-state index is 0.0490. The third-order valence-electron chi connectivity index (χ3n) is 3.15. The Morgan fingerprint density at radius 1 is 1.05 bits per heavy atom. The largest absolute Gasteiger partial charge is 0.504 e. The molecule has 0 heterocycles. The van der Waals surface area contributed by atoms with Crippen LogP contribution in [-0.4, -0.2) is 30.1 Å². The van der Waals surface area contributed by atoms with Gasteiger partial charge in [-0.05, 0) is 19.1 Å². The second-order valence-corrected chi connectivity index (χ2v) is 4.63. The molecule has 0 fully saturated rings. The number of rotatable bonds is 5. The number of methoxy groups -OCH3 is 1. The van der Waals surface area contributed by atoms with Crippen LogP contribution in [0.25, 0.3) is 0 Å². The molecule has 1 N–H and O–H groups in total. The van der Waals surface area contributed by atoms with E-state index < -0.39 is 12.1 Å². The van der Waals surface area contributed by atoms with Crippen LogP contribution in [0.1, 0.15) is 27.6 Å². The standard InChI is InChI=1S/C17H16O5/c1-11(15(18)12-7-4-3-5-8-12)22-17(20)13-9-6-10-14(21-2)16(13)19/h3-11,19H,1-2H3. The average molecular weight is 300 g/mol. The average Bonchev–Trinajstić information content (AvgIpc) is 2.55. The fraction of sp³-hybridized carbons (Fsp3) is 0.176. The summed E-state index contributed by atoms with van der Waals surface area (Å²) in [7, 11) is 1.38. The molecule has 1 unspecified atom stereocenters. The number of ketones is 1. The van der Waals surface area contributed by atoms with Crippen molar-refractivity contribution in [1.82, 2.24) is 0 Å². The highest BCUT2D eigenvalue weighted by Crippen LogP contribution is 2.30. The van der Waals surface area contributed by atoms with Gasteiger partial charge < -0.3 is 14.6 Å². The van der Waals surface area contributed by atoms with E-state index in [0.29, 0.717) is 5.56 Å². The van der Waals surface area contributed by atoms with Crippen LogP contribution in [0, 0.1) is 0 Å². The molecule has 0 saturated carbocycles. The van der Waals surface area contributed by atoms with Crippen molar-refractivity contribution in [1.29, 1.82) is 0 Å². The molecule has 0 aliphatic carbocycles. The molecule has 2 rings (SSSR count). The highest BCUT2D eigenvalue weighted by atomic mass is 16.5. The van der Waals surface area contributed by atoms with Crippen LogP contribution in [-0.2, 0) is 4.74 Å². The lowest BCUT2D eigenvalue weighted by Gasteiger charge is -2.13. The fourth-order valence-corrected chi connectivity index (χ4v) is 1.97. The first-order valence-electron chi connectivity index (χ1n) is 6.70. The van der Waals surface area contributed by atoms with Crippen LogP contribution in [0.5, 0.6) is 11.5 Å². The van der Waals surface area contributed by atoms with Gasteiger partial charge in [0.2, 0.25) is 5.78 Å². The molecule has 0 spiro atoms. The normalized spacial score (nSPS) is 11.5. The molecule has 0 amide bonds. The van der Waals surface area contributed by atoms with Crippen LogP contribution in [0.3, 0.4) is 0 Å². The molecular weight excluding hydrogens is 284 g/mol. The highest BCUT2D eigenvalue weighted by molar-refractivity contribution is 6.02. The lowest BCUT2D eigenvalue weighted by Crippen LogP contribution is -2.24. The Bertz CT molecular complexity index is 679. The first-order valence-corrected chi connectivity index (χ1v) is 6.70. The van der Waals surface area contributed by atoms with Gasteiger partial charge >= 0.3 is 5.97 Å². The van der Waals surface area contributed by atoms with E-state index in [9.17, 15) is 14.7 Å². The van der Waals surface area contributed by atoms with E-state index in [-0.39, 0.29) is 22.8 Å². The number of hydrogen-bond donors (Lipinski definition) is 1. The maximum absolute atomic E-state index is 12.2. The Morgan fingerprint density at radius 3 is 2.36 bits per heavy atom. The third kappa shape index (κ3) is 3.25. The van der Waals surface area contributed by atoms with Crippen molar-refractivity contribution in [2.75, 3.05) is 7.11 Å². The van der Waals surface area contributed by atoms with E-state index in [1.807, 2.05) is 0 Å². The summed E-state index contributed by atoms with van der Waals surface area (Å²) in [5.74, 6) is -1.24. The predicted molar refractivity (Wildman–Crippen MR) is 80.3 cm³/mol. The van der Waals surface area contributed by atoms with Gasteiger partial charge in [-0.3, -0.25) is 4.79 Å². The Balaban J connectivity index is 2.14. The first-order chi connectivity index (χ1) is 10.5. The smallest absolute Gasteiger partial charge is 0.342 e. The van der Waals surface area contributed by atoms with Crippen molar-refractivity contribution in [2.45, 2.75) is 13.0 Å². The van der Waals surface area contributed by atoms with Crippen LogP contribution in [0.15, 0.2) is 48.5 Å². The quantitative estimate of drug-likeness (QED) is 0.679. The third-order valence-corrected chi connectivity index (χ3v) is 3.15. The molecule has 0 aromatic heterocycles. The van der Waals surface area contributed by atoms with Gasteiger partial charge in [-0.2, -0.15) is 0 Å². The van der Waals surface area contributed by atoms with Gasteiger partial charge in [0.25, 0.3) is 0 Å². The summed E-state index contributed by atoms with van der Waals surface area (Å²) in [6.07, 6.45) is -0.958. The minimum Gasteiger partial charge on any atom is -0.504 e. The summed E-state index contributed by atoms with van der Waals surface area (Å²) in [4.78, 5) is 24.2. The Hall–Kier alpha value is -2.82. The number of benzene rings is 2. The molecule has 5 nitrogen and oxygen atoms in total. The number of Topliss-reactive ketones (excluding diaryl/α,β-unsaturated/α-hetero) is 1. The summed E-state index contributed by atoms with van der Waals surface area (Å²) in [5.41, 5.74) is 0.407. The summed E-state index contributed by atoms with van der Waals surface area (Å²) in [6.45, 7) is 1.49. The molecular formula is C17H16O5. The van der Waals surface area contributed by atoms with Crippen molar-refractivity contribution in [3.8, 4) is 11.5 Å². The molecule has 0 bridgehead atoms. The Kier molecular flexibility index (Phi) is 4.78. The molecule has 0 aliphatic heterocycles. The molecule has 22 heavy (non-hydrogen) atoms. The molecule has 114 valence electrons. The van der Waals surface area contributed by atoms with Gasteiger partial charge in [0.05, 0.1) is 7.11 Å². The lowest BCUT2D eigenvalue weighted by molar-refractivity contribution is 0.0315. The lowest BCUT2D eigenvalue weighted by atomic mass is 10.1. The number of para-hydroxylation sites is 1. The SMILES string of the molecule is COc1cccc(C(=O)OC(C)C(=O)c2ccccc2)c1O. The van der Waals surface area contributed by atoms with Crippen molar-refractivity contribution >= 4 is 11.8 Å². The molecule has 0 aliphatic rings. The van der Waals surface area contributed by atoms with Crippen LogP contribution >= 0.6 is 0 Å². The molecule has 0 saturated heterocycles. The van der Waals surface area contributed by atoms with Crippen molar-refractivity contribution < 1.29 is 24.2 Å². The zero-order valence-electron chi connectivity index (χ0n) is 12.3. The zero-order valence-corrected chi connectivity index (χ0v) is 12.3. The summed E-state index contributed by atoms with van der Waals surface area (Å²) >= 11 is 0. The highest BCUT2D eigenvalue weighted by Gasteiger charge is 2.23. The van der Waals surface area contributed by atoms with Crippen molar-refractivity contribution in [2.24, 2.45) is 0 Å². The second kappa shape index (κ2) is 6.76. The molecule has 2 aromatic rings. The number of carbonyl (C=O) groups excluding carboxylic acids is 2. The number of ether oxygens (including phenoxy) is 2. The van der Waals surface area contributed by atoms with Crippen LogP contribution < -0.4 is 4.74 Å². The second-order valence-electron chi connectivity index (χ2n) is 4.63. The van der Waals surface area contributed by atoms with Gasteiger partial charge in [-0.1, -0.05) is 36.4 Å². The van der Waals surface area contributed by atoms with Gasteiger partial charge in [0, 0.05) is 5.56 Å². The number of hydrogen-bond acceptors (Lipinski definition) is 5. The first kappa shape index (κ1) is 15.6. The number of phenols is 1. The maximum Gasteiger partial charge on any atom is 0.342 e. The van der Waals surface area contributed by atoms with Crippen LogP contribution in [0.4, 0.5) is 0 Å². The monoisotopic (exact) mass is 300 g/mol. The number of esters is 1. The van der Waals surface area contributed by atoms with E-state index in [2.05, 4.69) is 0 Å². The molecule has 0 radical (unpaired) electrons. The zero-order chi connectivity index (χ0) is 16.1. The van der Waals surface area contributed by atoms with Crippen molar-refractivity contribution in [3.63, 3.8) is 0 Å². The minimum atomic E-state index is -0.958. The topological polar surface area (TPSA) is 72.8 Å². The van der Waals surface area contributed by atoms with Gasteiger partial charge in [0.1, 0.15) is 5.56 Å². The Morgan fingerprint density at radius 2 is 1.73 bits per heavy atom. The van der Waals surface area contributed by atoms with E-state index in [0.717, 1.165) is 0 Å². The van der Waals surface area contributed by atoms with Crippen LogP contribution in [0.2, 0.25) is 0 Å². The van der Waals surface area contributed by atoms with E-state index in [1.54, 1.807) is 36.4 Å². The van der Waals surface area contributed by atoms with E-state index in [1.165, 1.54) is 26.2 Å². The maximum atomic E-state index is 12.2. The Labute approximate surface area is 128 Å². The summed E-state index contributed by atoms with van der Waals surface area (Å²) in [5, 5.41) is 9.92. The van der Waals surface area contributed by atoms with Gasteiger partial charge in [-0.15, -0.1) is 0 Å². The summed E-state index contributed by atoms with van der Waals surface area (Å²) < 4.78 is 10.1. The van der Waals surface area contributed by atoms with Gasteiger partial charge in [0.15, 0.2) is 17.6 Å². The van der Waals surface area contributed by atoms with Gasteiger partial charge in [-0.25, -0.2) is 4.79 Å². The fourth-order valence-electron chi connectivity index (χ4n) is 1.97. The number of aromatic hydroxyl groups is 1. The van der Waals surface area contributed by atoms with Crippen molar-refractivity contribution in [3.05, 3.63) is 59.7 Å². The van der Waals surface area contributed by atoms with E-state index >= 15 is 0 Å². The number of carbonyl (C=O) groups is 2. The summed E-state index contributed by atoms with van der Waals surface area (Å²) in [6, 6.07) is 13.0. The molecule has 5 heteroatoms. The number of phenolic OH excluding ortho intramolecular Hbond substituents is 1. The predicted octanol–water partition coefficient (Wildman–Crippen LogP) is 2.83. The molecule has 2 aromatic carbocycles. The molecule has 1 atom stereocenters. The van der Waals surface area contributed by atoms with E-state index in [4.69, 9.17) is 9.47 Å².